The van der Waals surface area contributed by atoms with Crippen molar-refractivity contribution < 1.29 is 14.3 Å². The lowest BCUT2D eigenvalue weighted by molar-refractivity contribution is 0.0948. The van der Waals surface area contributed by atoms with Crippen molar-refractivity contribution in [3.63, 3.8) is 0 Å². The number of hydrogen-bond acceptors (Lipinski definition) is 3. The van der Waals surface area contributed by atoms with Gasteiger partial charge in [0.2, 0.25) is 0 Å². The molecule has 0 saturated heterocycles. The Bertz CT molecular complexity index is 659. The summed E-state index contributed by atoms with van der Waals surface area (Å²) in [6, 6.07) is 10.7. The van der Waals surface area contributed by atoms with Crippen LogP contribution in [0.5, 0.6) is 0 Å². The molecule has 1 heterocycles. The average Bonchev–Trinajstić information content (AvgIpc) is 2.91. The van der Waals surface area contributed by atoms with Gasteiger partial charge in [0.25, 0.3) is 5.91 Å². The number of aliphatic hydroxyl groups excluding tert-OH is 1. The molecule has 21 heavy (non-hydrogen) atoms. The van der Waals surface area contributed by atoms with Gasteiger partial charge in [-0.05, 0) is 43.3 Å². The third kappa shape index (κ3) is 4.51. The maximum absolute atomic E-state index is 12.0. The second-order valence-corrected chi connectivity index (χ2v) is 4.55. The molecule has 0 aliphatic heterocycles. The van der Waals surface area contributed by atoms with Crippen LogP contribution >= 0.6 is 0 Å². The van der Waals surface area contributed by atoms with Crippen molar-refractivity contribution >= 4 is 5.91 Å². The number of aryl methyl sites for hydroxylation is 1. The zero-order valence-electron chi connectivity index (χ0n) is 11.8. The lowest BCUT2D eigenvalue weighted by Gasteiger charge is -2.03. The van der Waals surface area contributed by atoms with Crippen LogP contribution in [0.15, 0.2) is 40.8 Å². The van der Waals surface area contributed by atoms with Gasteiger partial charge in [-0.2, -0.15) is 0 Å². The fourth-order valence-corrected chi connectivity index (χ4v) is 1.77. The molecule has 1 amide bonds. The Morgan fingerprint density at radius 1 is 1.24 bits per heavy atom. The van der Waals surface area contributed by atoms with Crippen LogP contribution in [-0.4, -0.2) is 17.6 Å². The minimum Gasteiger partial charge on any atom is -0.465 e. The van der Waals surface area contributed by atoms with Gasteiger partial charge in [-0.3, -0.25) is 4.79 Å². The van der Waals surface area contributed by atoms with Gasteiger partial charge in [-0.25, -0.2) is 0 Å². The number of amides is 1. The Labute approximate surface area is 123 Å². The first kappa shape index (κ1) is 14.9. The number of benzene rings is 1. The second kappa shape index (κ2) is 7.32. The summed E-state index contributed by atoms with van der Waals surface area (Å²) in [5.74, 6) is 7.15. The van der Waals surface area contributed by atoms with Gasteiger partial charge in [0.05, 0.1) is 13.2 Å². The quantitative estimate of drug-likeness (QED) is 0.846. The van der Waals surface area contributed by atoms with Crippen LogP contribution in [0.4, 0.5) is 0 Å². The van der Waals surface area contributed by atoms with Crippen molar-refractivity contribution in [2.45, 2.75) is 19.9 Å². The zero-order valence-corrected chi connectivity index (χ0v) is 11.8. The van der Waals surface area contributed by atoms with Crippen LogP contribution in [0.25, 0.3) is 0 Å². The molecule has 1 aromatic carbocycles. The van der Waals surface area contributed by atoms with Gasteiger partial charge in [0.1, 0.15) is 11.5 Å². The van der Waals surface area contributed by atoms with Crippen LogP contribution in [-0.2, 0) is 6.54 Å². The molecule has 0 atom stereocenters. The third-order valence-corrected chi connectivity index (χ3v) is 2.84. The number of furan rings is 1. The highest BCUT2D eigenvalue weighted by Crippen LogP contribution is 2.07. The summed E-state index contributed by atoms with van der Waals surface area (Å²) in [7, 11) is 0. The van der Waals surface area contributed by atoms with E-state index in [2.05, 4.69) is 17.2 Å². The predicted octanol–water partition coefficient (Wildman–Crippen LogP) is 2.25. The molecule has 0 saturated carbocycles. The van der Waals surface area contributed by atoms with Gasteiger partial charge in [-0.15, -0.1) is 0 Å². The Morgan fingerprint density at radius 2 is 2.00 bits per heavy atom. The summed E-state index contributed by atoms with van der Waals surface area (Å²) in [5.41, 5.74) is 1.40. The van der Waals surface area contributed by atoms with E-state index in [0.29, 0.717) is 18.5 Å². The molecule has 0 aliphatic carbocycles. The molecule has 2 N–H and O–H groups in total. The van der Waals surface area contributed by atoms with E-state index in [1.54, 1.807) is 24.3 Å². The summed E-state index contributed by atoms with van der Waals surface area (Å²) >= 11 is 0. The Balaban J connectivity index is 1.92. The van der Waals surface area contributed by atoms with Gasteiger partial charge in [-0.1, -0.05) is 11.8 Å². The monoisotopic (exact) mass is 283 g/mol. The summed E-state index contributed by atoms with van der Waals surface area (Å²) in [6.45, 7) is 2.28. The van der Waals surface area contributed by atoms with Crippen LogP contribution in [0.2, 0.25) is 0 Å². The van der Waals surface area contributed by atoms with Crippen molar-refractivity contribution in [3.05, 3.63) is 59.0 Å². The van der Waals surface area contributed by atoms with Gasteiger partial charge < -0.3 is 14.8 Å². The van der Waals surface area contributed by atoms with Crippen LogP contribution < -0.4 is 5.32 Å². The summed E-state index contributed by atoms with van der Waals surface area (Å²) < 4.78 is 5.39. The van der Waals surface area contributed by atoms with Crippen LogP contribution in [0.1, 0.15) is 33.9 Å². The molecular formula is C17H17NO3. The highest BCUT2D eigenvalue weighted by atomic mass is 16.3. The molecule has 2 aromatic rings. The largest absolute Gasteiger partial charge is 0.465 e. The normalized spacial score (nSPS) is 9.81. The van der Waals surface area contributed by atoms with Crippen molar-refractivity contribution in [2.75, 3.05) is 6.61 Å². The first-order valence-electron chi connectivity index (χ1n) is 6.72. The standard InChI is InChI=1S/C17H17NO3/c1-13-5-10-16(21-13)12-18-17(20)15-8-6-14(7-9-15)4-2-3-11-19/h5-10,19H,3,11-12H2,1H3,(H,18,20). The molecule has 0 unspecified atom stereocenters. The topological polar surface area (TPSA) is 62.5 Å². The van der Waals surface area contributed by atoms with Crippen molar-refractivity contribution in [2.24, 2.45) is 0 Å². The number of rotatable bonds is 4. The maximum Gasteiger partial charge on any atom is 0.251 e. The van der Waals surface area contributed by atoms with E-state index >= 15 is 0 Å². The van der Waals surface area contributed by atoms with Gasteiger partial charge >= 0.3 is 0 Å². The zero-order chi connectivity index (χ0) is 15.1. The number of carbonyl (C=O) groups is 1. The van der Waals surface area contributed by atoms with Gasteiger partial charge in [0.15, 0.2) is 0 Å². The fourth-order valence-electron chi connectivity index (χ4n) is 1.77. The lowest BCUT2D eigenvalue weighted by atomic mass is 10.1. The molecule has 0 radical (unpaired) electrons. The summed E-state index contributed by atoms with van der Waals surface area (Å²) in [6.07, 6.45) is 0.449. The highest BCUT2D eigenvalue weighted by molar-refractivity contribution is 5.94. The van der Waals surface area contributed by atoms with E-state index in [-0.39, 0.29) is 12.5 Å². The van der Waals surface area contributed by atoms with E-state index < -0.39 is 0 Å². The SMILES string of the molecule is Cc1ccc(CNC(=O)c2ccc(C#CCCO)cc2)o1. The minimum atomic E-state index is -0.154. The van der Waals surface area contributed by atoms with Crippen molar-refractivity contribution in [1.82, 2.24) is 5.32 Å². The molecule has 108 valence electrons. The summed E-state index contributed by atoms with van der Waals surface area (Å²) in [5, 5.41) is 11.5. The number of nitrogens with one attached hydrogen (secondary N) is 1. The van der Waals surface area contributed by atoms with E-state index in [1.165, 1.54) is 0 Å². The Hall–Kier alpha value is -2.51. The lowest BCUT2D eigenvalue weighted by Crippen LogP contribution is -2.22. The first-order chi connectivity index (χ1) is 10.2. The molecule has 0 fully saturated rings. The van der Waals surface area contributed by atoms with Crippen LogP contribution in [0.3, 0.4) is 0 Å². The summed E-state index contributed by atoms with van der Waals surface area (Å²) in [4.78, 5) is 12.0. The second-order valence-electron chi connectivity index (χ2n) is 4.55. The van der Waals surface area contributed by atoms with E-state index in [1.807, 2.05) is 19.1 Å². The highest BCUT2D eigenvalue weighted by Gasteiger charge is 2.06. The number of hydrogen-bond donors (Lipinski definition) is 2. The smallest absolute Gasteiger partial charge is 0.251 e. The van der Waals surface area contributed by atoms with E-state index in [9.17, 15) is 4.79 Å². The van der Waals surface area contributed by atoms with Gasteiger partial charge in [0, 0.05) is 17.5 Å². The Morgan fingerprint density at radius 3 is 2.62 bits per heavy atom. The molecule has 0 bridgehead atoms. The fraction of sp³-hybridized carbons (Fsp3) is 0.235. The maximum atomic E-state index is 12.0. The number of carbonyl (C=O) groups excluding carboxylic acids is 1. The molecule has 4 nitrogen and oxygen atoms in total. The predicted molar refractivity (Wildman–Crippen MR) is 79.6 cm³/mol. The molecule has 4 heteroatoms. The molecule has 1 aromatic heterocycles. The minimum absolute atomic E-state index is 0.0553. The molecular weight excluding hydrogens is 266 g/mol. The van der Waals surface area contributed by atoms with Crippen molar-refractivity contribution in [1.29, 1.82) is 0 Å². The van der Waals surface area contributed by atoms with E-state index in [0.717, 1.165) is 17.1 Å². The molecule has 0 aliphatic rings. The third-order valence-electron chi connectivity index (χ3n) is 2.84. The van der Waals surface area contributed by atoms with E-state index in [4.69, 9.17) is 9.52 Å². The van der Waals surface area contributed by atoms with Crippen molar-refractivity contribution in [3.8, 4) is 11.8 Å². The van der Waals surface area contributed by atoms with Crippen LogP contribution in [0, 0.1) is 18.8 Å². The molecule has 2 rings (SSSR count). The Kier molecular flexibility index (Phi) is 5.19. The molecule has 0 spiro atoms. The number of aliphatic hydroxyl groups is 1. The first-order valence-corrected chi connectivity index (χ1v) is 6.72. The average molecular weight is 283 g/mol.